The van der Waals surface area contributed by atoms with Crippen molar-refractivity contribution in [2.45, 2.75) is 79.8 Å². The van der Waals surface area contributed by atoms with Gasteiger partial charge in [-0.15, -0.1) is 0 Å². The van der Waals surface area contributed by atoms with Crippen LogP contribution in [0.25, 0.3) is 11.1 Å². The zero-order valence-corrected chi connectivity index (χ0v) is 17.6. The van der Waals surface area contributed by atoms with Crippen molar-refractivity contribution in [1.29, 1.82) is 0 Å². The predicted molar refractivity (Wildman–Crippen MR) is 112 cm³/mol. The minimum atomic E-state index is 0.0385. The van der Waals surface area contributed by atoms with Gasteiger partial charge in [-0.2, -0.15) is 0 Å². The Hall–Kier alpha value is -1.67. The van der Waals surface area contributed by atoms with E-state index in [2.05, 4.69) is 72.7 Å². The predicted octanol–water partition coefficient (Wildman–Crippen LogP) is 6.38. The molecule has 26 heavy (non-hydrogen) atoms. The molecule has 2 rings (SSSR count). The van der Waals surface area contributed by atoms with Gasteiger partial charge < -0.3 is 5.11 Å². The topological polar surface area (TPSA) is 33.1 Å². The Bertz CT molecular complexity index is 727. The van der Waals surface area contributed by atoms with Gasteiger partial charge in [0.15, 0.2) is 0 Å². The summed E-state index contributed by atoms with van der Waals surface area (Å²) in [6.07, 6.45) is 2.14. The second kappa shape index (κ2) is 8.81. The van der Waals surface area contributed by atoms with Crippen LogP contribution in [-0.2, 0) is 13.0 Å². The molecule has 0 spiro atoms. The lowest BCUT2D eigenvalue weighted by molar-refractivity contribution is 0.279. The molecule has 0 bridgehead atoms. The number of hydrogen-bond donors (Lipinski definition) is 1. The summed E-state index contributed by atoms with van der Waals surface area (Å²) in [6, 6.07) is 8.70. The second-order valence-electron chi connectivity index (χ2n) is 8.48. The minimum absolute atomic E-state index is 0.0385. The summed E-state index contributed by atoms with van der Waals surface area (Å²) in [5, 5.41) is 10.3. The van der Waals surface area contributed by atoms with E-state index in [1.807, 2.05) is 0 Å². The zero-order valence-electron chi connectivity index (χ0n) is 17.6. The summed E-state index contributed by atoms with van der Waals surface area (Å²) in [6.45, 7) is 15.5. The third-order valence-corrected chi connectivity index (χ3v) is 5.03. The number of aliphatic hydroxyl groups is 1. The number of benzene rings is 1. The van der Waals surface area contributed by atoms with Crippen LogP contribution in [0.4, 0.5) is 0 Å². The van der Waals surface area contributed by atoms with E-state index >= 15 is 0 Å². The Morgan fingerprint density at radius 1 is 0.846 bits per heavy atom. The van der Waals surface area contributed by atoms with E-state index < -0.39 is 0 Å². The molecule has 0 fully saturated rings. The Labute approximate surface area is 159 Å². The molecule has 0 saturated carbocycles. The fraction of sp³-hybridized carbons (Fsp3) is 0.542. The zero-order chi connectivity index (χ0) is 19.4. The van der Waals surface area contributed by atoms with Gasteiger partial charge in [0.05, 0.1) is 6.61 Å². The number of nitrogens with zero attached hydrogens (tertiary/aromatic N) is 1. The first kappa shape index (κ1) is 20.6. The number of aliphatic hydroxyl groups excluding tert-OH is 1. The Morgan fingerprint density at radius 2 is 1.38 bits per heavy atom. The summed E-state index contributed by atoms with van der Waals surface area (Å²) < 4.78 is 0. The SMILES string of the molecule is Cc1ccc(-c2c(CO)c(C(C)C)nc(C(C)C)c2CCC(C)C)cc1. The largest absolute Gasteiger partial charge is 0.392 e. The molecule has 1 aromatic carbocycles. The first-order chi connectivity index (χ1) is 12.3. The molecule has 2 aromatic rings. The van der Waals surface area contributed by atoms with Crippen molar-refractivity contribution in [2.24, 2.45) is 5.92 Å². The van der Waals surface area contributed by atoms with Gasteiger partial charge in [0.1, 0.15) is 0 Å². The van der Waals surface area contributed by atoms with Crippen molar-refractivity contribution in [3.05, 3.63) is 52.3 Å². The van der Waals surface area contributed by atoms with Gasteiger partial charge in [-0.1, -0.05) is 71.4 Å². The van der Waals surface area contributed by atoms with E-state index in [9.17, 15) is 5.11 Å². The quantitative estimate of drug-likeness (QED) is 0.626. The van der Waals surface area contributed by atoms with E-state index in [1.54, 1.807) is 0 Å². The van der Waals surface area contributed by atoms with Crippen LogP contribution in [0.3, 0.4) is 0 Å². The lowest BCUT2D eigenvalue weighted by Gasteiger charge is -2.24. The van der Waals surface area contributed by atoms with E-state index in [1.165, 1.54) is 27.9 Å². The molecular weight excluding hydrogens is 318 g/mol. The van der Waals surface area contributed by atoms with Crippen LogP contribution < -0.4 is 0 Å². The van der Waals surface area contributed by atoms with Crippen LogP contribution in [0.1, 0.15) is 87.9 Å². The minimum Gasteiger partial charge on any atom is -0.392 e. The molecule has 0 radical (unpaired) electrons. The van der Waals surface area contributed by atoms with E-state index in [4.69, 9.17) is 4.98 Å². The van der Waals surface area contributed by atoms with Crippen LogP contribution in [0.5, 0.6) is 0 Å². The van der Waals surface area contributed by atoms with Crippen LogP contribution in [0.2, 0.25) is 0 Å². The Balaban J connectivity index is 2.82. The van der Waals surface area contributed by atoms with Crippen LogP contribution in [0, 0.1) is 12.8 Å². The molecule has 2 heteroatoms. The average Bonchev–Trinajstić information content (AvgIpc) is 2.58. The molecule has 0 aliphatic heterocycles. The maximum absolute atomic E-state index is 10.3. The molecule has 0 saturated heterocycles. The summed E-state index contributed by atoms with van der Waals surface area (Å²) in [5.41, 5.74) is 8.24. The Kier molecular flexibility index (Phi) is 7.00. The maximum Gasteiger partial charge on any atom is 0.0705 e. The average molecular weight is 354 g/mol. The van der Waals surface area contributed by atoms with E-state index in [-0.39, 0.29) is 12.5 Å². The van der Waals surface area contributed by atoms with Crippen molar-refractivity contribution < 1.29 is 5.11 Å². The highest BCUT2D eigenvalue weighted by molar-refractivity contribution is 5.73. The lowest BCUT2D eigenvalue weighted by Crippen LogP contribution is -2.13. The van der Waals surface area contributed by atoms with Gasteiger partial charge in [-0.25, -0.2) is 0 Å². The molecule has 2 nitrogen and oxygen atoms in total. The van der Waals surface area contributed by atoms with Crippen LogP contribution >= 0.6 is 0 Å². The molecule has 1 N–H and O–H groups in total. The fourth-order valence-corrected chi connectivity index (χ4v) is 3.57. The van der Waals surface area contributed by atoms with Gasteiger partial charge in [0.25, 0.3) is 0 Å². The highest BCUT2D eigenvalue weighted by atomic mass is 16.3. The molecule has 1 aromatic heterocycles. The van der Waals surface area contributed by atoms with Crippen molar-refractivity contribution >= 4 is 0 Å². The van der Waals surface area contributed by atoms with E-state index in [0.717, 1.165) is 24.1 Å². The first-order valence-corrected chi connectivity index (χ1v) is 9.99. The second-order valence-corrected chi connectivity index (χ2v) is 8.48. The number of aromatic nitrogens is 1. The monoisotopic (exact) mass is 353 g/mol. The van der Waals surface area contributed by atoms with Crippen molar-refractivity contribution in [3.63, 3.8) is 0 Å². The third kappa shape index (κ3) is 4.54. The molecular formula is C24H35NO. The maximum atomic E-state index is 10.3. The van der Waals surface area contributed by atoms with Crippen LogP contribution in [0.15, 0.2) is 24.3 Å². The van der Waals surface area contributed by atoms with Crippen molar-refractivity contribution in [1.82, 2.24) is 4.98 Å². The Morgan fingerprint density at radius 3 is 1.85 bits per heavy atom. The summed E-state index contributed by atoms with van der Waals surface area (Å²) in [4.78, 5) is 5.06. The molecule has 1 heterocycles. The summed E-state index contributed by atoms with van der Waals surface area (Å²) in [7, 11) is 0. The van der Waals surface area contributed by atoms with Gasteiger partial charge in [0, 0.05) is 17.0 Å². The van der Waals surface area contributed by atoms with Gasteiger partial charge in [0.2, 0.25) is 0 Å². The molecule has 0 unspecified atom stereocenters. The molecule has 0 atom stereocenters. The number of rotatable bonds is 7. The fourth-order valence-electron chi connectivity index (χ4n) is 3.57. The molecule has 0 aliphatic carbocycles. The van der Waals surface area contributed by atoms with Gasteiger partial charge >= 0.3 is 0 Å². The number of pyridine rings is 1. The van der Waals surface area contributed by atoms with Gasteiger partial charge in [-0.05, 0) is 54.2 Å². The summed E-state index contributed by atoms with van der Waals surface area (Å²) >= 11 is 0. The third-order valence-electron chi connectivity index (χ3n) is 5.03. The highest BCUT2D eigenvalue weighted by Crippen LogP contribution is 2.37. The lowest BCUT2D eigenvalue weighted by atomic mass is 9.84. The smallest absolute Gasteiger partial charge is 0.0705 e. The van der Waals surface area contributed by atoms with Crippen LogP contribution in [-0.4, -0.2) is 10.1 Å². The highest BCUT2D eigenvalue weighted by Gasteiger charge is 2.23. The molecule has 142 valence electrons. The summed E-state index contributed by atoms with van der Waals surface area (Å²) in [5.74, 6) is 1.30. The van der Waals surface area contributed by atoms with E-state index in [0.29, 0.717) is 11.8 Å². The normalized spacial score (nSPS) is 11.8. The number of hydrogen-bond acceptors (Lipinski definition) is 2. The standard InChI is InChI=1S/C24H35NO/c1-15(2)8-13-20-22(19-11-9-18(7)10-12-19)21(14-26)24(17(5)6)25-23(20)16(3)4/h9-12,15-17,26H,8,13-14H2,1-7H3. The molecule has 0 aliphatic rings. The van der Waals surface area contributed by atoms with Crippen molar-refractivity contribution in [2.75, 3.05) is 0 Å². The molecule has 0 amide bonds. The van der Waals surface area contributed by atoms with Gasteiger partial charge in [-0.3, -0.25) is 4.98 Å². The first-order valence-electron chi connectivity index (χ1n) is 9.99. The van der Waals surface area contributed by atoms with Crippen molar-refractivity contribution in [3.8, 4) is 11.1 Å². The number of aryl methyl sites for hydroxylation is 1.